The third-order valence-corrected chi connectivity index (χ3v) is 4.78. The van der Waals surface area contributed by atoms with Crippen LogP contribution in [0.1, 0.15) is 19.3 Å². The Morgan fingerprint density at radius 1 is 1.27 bits per heavy atom. The van der Waals surface area contributed by atoms with Crippen LogP contribution < -0.4 is 10.2 Å². The van der Waals surface area contributed by atoms with Crippen molar-refractivity contribution >= 4 is 11.8 Å². The van der Waals surface area contributed by atoms with Gasteiger partial charge in [0, 0.05) is 39.5 Å². The van der Waals surface area contributed by atoms with Crippen molar-refractivity contribution in [2.75, 3.05) is 56.6 Å². The maximum Gasteiger partial charge on any atom is 0.227 e. The average Bonchev–Trinajstić information content (AvgIpc) is 3.07. The molecular formula is C16H27N5O. The van der Waals surface area contributed by atoms with Crippen LogP contribution >= 0.6 is 0 Å². The summed E-state index contributed by atoms with van der Waals surface area (Å²) in [5.41, 5.74) is 0. The molecule has 0 saturated carbocycles. The Morgan fingerprint density at radius 3 is 2.77 bits per heavy atom. The molecule has 2 fully saturated rings. The molecule has 2 aliphatic heterocycles. The van der Waals surface area contributed by atoms with Crippen LogP contribution in [0.15, 0.2) is 12.3 Å². The zero-order valence-corrected chi connectivity index (χ0v) is 13.4. The molecule has 2 atom stereocenters. The minimum absolute atomic E-state index is 0.249. The minimum atomic E-state index is 0.249. The summed E-state index contributed by atoms with van der Waals surface area (Å²) in [6, 6.07) is 1.87. The normalized spacial score (nSPS) is 26.4. The van der Waals surface area contributed by atoms with E-state index in [0.29, 0.717) is 11.8 Å². The van der Waals surface area contributed by atoms with Gasteiger partial charge in [-0.05, 0) is 50.3 Å². The number of anilines is 2. The van der Waals surface area contributed by atoms with E-state index in [4.69, 9.17) is 0 Å². The zero-order valence-electron chi connectivity index (χ0n) is 13.4. The summed E-state index contributed by atoms with van der Waals surface area (Å²) in [6.45, 7) is 5.68. The standard InChI is InChI=1S/C16H27N5O/c1-17-15-4-5-18-16(19-15)21-10-13(8-14(11-21)12-22)9-20-6-2-3-7-20/h4-5,13-14,22H,2-3,6-12H2,1H3,(H,17,18,19)/t13-,14-/m1/s1. The number of nitrogens with zero attached hydrogens (tertiary/aromatic N) is 4. The number of aliphatic hydroxyl groups excluding tert-OH is 1. The first kappa shape index (κ1) is 15.5. The summed E-state index contributed by atoms with van der Waals surface area (Å²) in [7, 11) is 1.87. The van der Waals surface area contributed by atoms with Gasteiger partial charge in [0.25, 0.3) is 0 Å². The first-order valence-electron chi connectivity index (χ1n) is 8.37. The minimum Gasteiger partial charge on any atom is -0.396 e. The second-order valence-corrected chi connectivity index (χ2v) is 6.55. The number of hydrogen-bond acceptors (Lipinski definition) is 6. The van der Waals surface area contributed by atoms with E-state index in [1.807, 2.05) is 13.1 Å². The third kappa shape index (κ3) is 3.67. The highest BCUT2D eigenvalue weighted by atomic mass is 16.3. The summed E-state index contributed by atoms with van der Waals surface area (Å²) in [4.78, 5) is 13.8. The van der Waals surface area contributed by atoms with Crippen LogP contribution in [0.2, 0.25) is 0 Å². The van der Waals surface area contributed by atoms with Crippen molar-refractivity contribution in [2.24, 2.45) is 11.8 Å². The SMILES string of the molecule is CNc1ccnc(N2C[C@H](CO)C[C@H](CN3CCCC3)C2)n1. The van der Waals surface area contributed by atoms with E-state index in [1.54, 1.807) is 6.20 Å². The molecule has 1 aromatic rings. The quantitative estimate of drug-likeness (QED) is 0.848. The molecule has 0 spiro atoms. The Labute approximate surface area is 132 Å². The van der Waals surface area contributed by atoms with Gasteiger partial charge in [-0.3, -0.25) is 0 Å². The van der Waals surface area contributed by atoms with Crippen molar-refractivity contribution in [1.29, 1.82) is 0 Å². The zero-order chi connectivity index (χ0) is 15.4. The molecule has 0 amide bonds. The van der Waals surface area contributed by atoms with Crippen LogP contribution in [0.3, 0.4) is 0 Å². The Balaban J connectivity index is 1.69. The van der Waals surface area contributed by atoms with Gasteiger partial charge < -0.3 is 20.2 Å². The van der Waals surface area contributed by atoms with E-state index in [-0.39, 0.29) is 6.61 Å². The van der Waals surface area contributed by atoms with Gasteiger partial charge in [-0.1, -0.05) is 0 Å². The number of hydrogen-bond donors (Lipinski definition) is 2. The molecule has 122 valence electrons. The first-order chi connectivity index (χ1) is 10.8. The van der Waals surface area contributed by atoms with Crippen LogP contribution in [0.25, 0.3) is 0 Å². The van der Waals surface area contributed by atoms with Gasteiger partial charge in [-0.25, -0.2) is 4.98 Å². The lowest BCUT2D eigenvalue weighted by Crippen LogP contribution is -2.46. The predicted octanol–water partition coefficient (Wildman–Crippen LogP) is 1.05. The van der Waals surface area contributed by atoms with Crippen molar-refractivity contribution in [3.8, 4) is 0 Å². The second-order valence-electron chi connectivity index (χ2n) is 6.55. The van der Waals surface area contributed by atoms with Gasteiger partial charge in [-0.2, -0.15) is 4.98 Å². The first-order valence-corrected chi connectivity index (χ1v) is 8.37. The molecule has 0 bridgehead atoms. The Bertz CT molecular complexity index is 477. The monoisotopic (exact) mass is 305 g/mol. The number of piperidine rings is 1. The van der Waals surface area contributed by atoms with Crippen LogP contribution in [-0.2, 0) is 0 Å². The van der Waals surface area contributed by atoms with E-state index in [2.05, 4.69) is 25.1 Å². The Hall–Kier alpha value is -1.40. The van der Waals surface area contributed by atoms with Crippen LogP contribution in [0.4, 0.5) is 11.8 Å². The number of aliphatic hydroxyl groups is 1. The van der Waals surface area contributed by atoms with Crippen LogP contribution in [-0.4, -0.2) is 66.4 Å². The molecule has 22 heavy (non-hydrogen) atoms. The van der Waals surface area contributed by atoms with Crippen molar-refractivity contribution in [3.05, 3.63) is 12.3 Å². The molecule has 2 saturated heterocycles. The largest absolute Gasteiger partial charge is 0.396 e. The fourth-order valence-electron chi connectivity index (χ4n) is 3.72. The predicted molar refractivity (Wildman–Crippen MR) is 88.1 cm³/mol. The molecule has 3 heterocycles. The fraction of sp³-hybridized carbons (Fsp3) is 0.750. The lowest BCUT2D eigenvalue weighted by atomic mass is 9.89. The molecule has 6 heteroatoms. The number of aromatic nitrogens is 2. The van der Waals surface area contributed by atoms with Gasteiger partial charge in [-0.15, -0.1) is 0 Å². The molecule has 0 radical (unpaired) electrons. The summed E-state index contributed by atoms with van der Waals surface area (Å²) in [5.74, 6) is 2.53. The number of rotatable bonds is 5. The molecule has 0 unspecified atom stereocenters. The molecular weight excluding hydrogens is 278 g/mol. The van der Waals surface area contributed by atoms with Crippen molar-refractivity contribution in [2.45, 2.75) is 19.3 Å². The van der Waals surface area contributed by atoms with E-state index in [0.717, 1.165) is 37.8 Å². The van der Waals surface area contributed by atoms with Crippen LogP contribution in [0, 0.1) is 11.8 Å². The summed E-state index contributed by atoms with van der Waals surface area (Å²) in [6.07, 6.45) is 5.56. The molecule has 1 aromatic heterocycles. The fourth-order valence-corrected chi connectivity index (χ4v) is 3.72. The number of nitrogens with one attached hydrogen (secondary N) is 1. The van der Waals surface area contributed by atoms with E-state index in [1.165, 1.54) is 25.9 Å². The molecule has 0 aromatic carbocycles. The molecule has 3 rings (SSSR count). The summed E-state index contributed by atoms with van der Waals surface area (Å²) >= 11 is 0. The molecule has 2 N–H and O–H groups in total. The van der Waals surface area contributed by atoms with Gasteiger partial charge in [0.1, 0.15) is 5.82 Å². The third-order valence-electron chi connectivity index (χ3n) is 4.78. The maximum atomic E-state index is 9.64. The van der Waals surface area contributed by atoms with Crippen molar-refractivity contribution in [3.63, 3.8) is 0 Å². The van der Waals surface area contributed by atoms with Gasteiger partial charge in [0.15, 0.2) is 0 Å². The summed E-state index contributed by atoms with van der Waals surface area (Å²) in [5, 5.41) is 12.7. The van der Waals surface area contributed by atoms with E-state index < -0.39 is 0 Å². The molecule has 2 aliphatic rings. The van der Waals surface area contributed by atoms with E-state index >= 15 is 0 Å². The van der Waals surface area contributed by atoms with Crippen LogP contribution in [0.5, 0.6) is 0 Å². The van der Waals surface area contributed by atoms with Gasteiger partial charge in [0.2, 0.25) is 5.95 Å². The highest BCUT2D eigenvalue weighted by Gasteiger charge is 2.30. The Kier molecular flexibility index (Phi) is 5.10. The van der Waals surface area contributed by atoms with Gasteiger partial charge >= 0.3 is 0 Å². The topological polar surface area (TPSA) is 64.5 Å². The average molecular weight is 305 g/mol. The lowest BCUT2D eigenvalue weighted by Gasteiger charge is -2.38. The van der Waals surface area contributed by atoms with Crippen molar-refractivity contribution < 1.29 is 5.11 Å². The molecule has 0 aliphatic carbocycles. The maximum absolute atomic E-state index is 9.64. The smallest absolute Gasteiger partial charge is 0.227 e. The second kappa shape index (κ2) is 7.24. The van der Waals surface area contributed by atoms with Crippen molar-refractivity contribution in [1.82, 2.24) is 14.9 Å². The lowest BCUT2D eigenvalue weighted by molar-refractivity contribution is 0.163. The highest BCUT2D eigenvalue weighted by molar-refractivity contribution is 5.41. The Morgan fingerprint density at radius 2 is 2.05 bits per heavy atom. The summed E-state index contributed by atoms with van der Waals surface area (Å²) < 4.78 is 0. The van der Waals surface area contributed by atoms with E-state index in [9.17, 15) is 5.11 Å². The van der Waals surface area contributed by atoms with Gasteiger partial charge in [0.05, 0.1) is 0 Å². The highest BCUT2D eigenvalue weighted by Crippen LogP contribution is 2.26. The molecule has 6 nitrogen and oxygen atoms in total. The number of likely N-dealkylation sites (tertiary alicyclic amines) is 1.